The molecule has 0 saturated heterocycles. The Balaban J connectivity index is 2.08. The molecule has 0 aliphatic heterocycles. The molecule has 0 bridgehead atoms. The highest BCUT2D eigenvalue weighted by Crippen LogP contribution is 2.51. The van der Waals surface area contributed by atoms with Crippen molar-refractivity contribution in [2.24, 2.45) is 7.05 Å². The highest BCUT2D eigenvalue weighted by Gasteiger charge is 2.39. The van der Waals surface area contributed by atoms with E-state index in [1.54, 1.807) is 0 Å². The van der Waals surface area contributed by atoms with Crippen LogP contribution < -0.4 is 4.57 Å². The first kappa shape index (κ1) is 15.1. The van der Waals surface area contributed by atoms with E-state index in [9.17, 15) is 0 Å². The van der Waals surface area contributed by atoms with Crippen molar-refractivity contribution in [2.45, 2.75) is 26.2 Å². The van der Waals surface area contributed by atoms with Crippen molar-refractivity contribution in [2.75, 3.05) is 0 Å². The summed E-state index contributed by atoms with van der Waals surface area (Å²) in [6.45, 7) is 6.23. The summed E-state index contributed by atoms with van der Waals surface area (Å²) in [7, 11) is 1.96. The Morgan fingerprint density at radius 1 is 0.958 bits per heavy atom. The number of aromatic nitrogens is 1. The number of hydrogen-bond donors (Lipinski definition) is 0. The van der Waals surface area contributed by atoms with Crippen LogP contribution in [0.2, 0.25) is 0 Å². The number of pyridine rings is 1. The minimum absolute atomic E-state index is 0.0898. The van der Waals surface area contributed by atoms with Crippen LogP contribution in [0, 0.1) is 12.7 Å². The van der Waals surface area contributed by atoms with Crippen LogP contribution in [-0.2, 0) is 12.5 Å². The normalized spacial score (nSPS) is 14.4. The summed E-state index contributed by atoms with van der Waals surface area (Å²) >= 11 is 0. The molecule has 2 aromatic carbocycles. The number of rotatable bonds is 1. The first-order valence-corrected chi connectivity index (χ1v) is 8.31. The summed E-state index contributed by atoms with van der Waals surface area (Å²) in [4.78, 5) is 0. The van der Waals surface area contributed by atoms with Crippen LogP contribution >= 0.6 is 0 Å². The molecule has 0 fully saturated rings. The van der Waals surface area contributed by atoms with Crippen molar-refractivity contribution in [1.29, 1.82) is 0 Å². The number of halogens is 1. The maximum Gasteiger partial charge on any atom is 0.215 e. The molecule has 0 saturated carbocycles. The second-order valence-corrected chi connectivity index (χ2v) is 7.17. The van der Waals surface area contributed by atoms with E-state index in [1.807, 2.05) is 55.1 Å². The van der Waals surface area contributed by atoms with Gasteiger partial charge in [0, 0.05) is 23.1 Å². The lowest BCUT2D eigenvalue weighted by Gasteiger charge is -2.23. The molecule has 1 aliphatic rings. The summed E-state index contributed by atoms with van der Waals surface area (Å²) in [5.74, 6) is -0.0898. The van der Waals surface area contributed by atoms with Gasteiger partial charge in [0.1, 0.15) is 12.9 Å². The quantitative estimate of drug-likeness (QED) is 0.560. The standard InChI is InChI=1S/C22H21FN/c1-14-13-16-15-9-5-6-10-17(15)22(2,3)20(16)21(23)19(14)18-11-7-8-12-24(18)4/h5-13H,1-4H3/q+1. The van der Waals surface area contributed by atoms with Crippen molar-refractivity contribution >= 4 is 0 Å². The molecule has 3 aromatic rings. The molecule has 4 rings (SSSR count). The molecular weight excluding hydrogens is 297 g/mol. The average molecular weight is 318 g/mol. The van der Waals surface area contributed by atoms with E-state index in [0.29, 0.717) is 5.56 Å². The number of aryl methyl sites for hydroxylation is 2. The highest BCUT2D eigenvalue weighted by molar-refractivity contribution is 5.84. The maximum absolute atomic E-state index is 15.7. The zero-order chi connectivity index (χ0) is 17.1. The van der Waals surface area contributed by atoms with Crippen LogP contribution in [0.25, 0.3) is 22.4 Å². The summed E-state index contributed by atoms with van der Waals surface area (Å²) in [5, 5.41) is 0. The van der Waals surface area contributed by atoms with Gasteiger partial charge in [-0.2, -0.15) is 0 Å². The minimum Gasteiger partial charge on any atom is -0.206 e. The average Bonchev–Trinajstić information content (AvgIpc) is 2.77. The SMILES string of the molecule is Cc1cc2c(c(F)c1-c1cccc[n+]1C)C(C)(C)c1ccccc1-2. The van der Waals surface area contributed by atoms with Gasteiger partial charge in [-0.3, -0.25) is 0 Å². The van der Waals surface area contributed by atoms with Gasteiger partial charge in [0.15, 0.2) is 6.20 Å². The Labute approximate surface area is 142 Å². The number of fused-ring (bicyclic) bond motifs is 3. The third-order valence-electron chi connectivity index (χ3n) is 5.29. The predicted molar refractivity (Wildman–Crippen MR) is 95.3 cm³/mol. The fraction of sp³-hybridized carbons (Fsp3) is 0.227. The highest BCUT2D eigenvalue weighted by atomic mass is 19.1. The second-order valence-electron chi connectivity index (χ2n) is 7.17. The van der Waals surface area contributed by atoms with Gasteiger partial charge in [0.2, 0.25) is 5.69 Å². The van der Waals surface area contributed by atoms with Crippen LogP contribution in [0.4, 0.5) is 4.39 Å². The molecule has 1 nitrogen and oxygen atoms in total. The molecule has 0 amide bonds. The molecule has 0 unspecified atom stereocenters. The van der Waals surface area contributed by atoms with E-state index < -0.39 is 0 Å². The molecule has 1 heterocycles. The van der Waals surface area contributed by atoms with Crippen molar-refractivity contribution < 1.29 is 8.96 Å². The Morgan fingerprint density at radius 2 is 1.67 bits per heavy atom. The van der Waals surface area contributed by atoms with Crippen LogP contribution in [0.1, 0.15) is 30.5 Å². The number of nitrogens with zero attached hydrogens (tertiary/aromatic N) is 1. The number of benzene rings is 2. The van der Waals surface area contributed by atoms with Gasteiger partial charge in [-0.25, -0.2) is 8.96 Å². The Hall–Kier alpha value is -2.48. The fourth-order valence-corrected chi connectivity index (χ4v) is 4.10. The Kier molecular flexibility index (Phi) is 3.14. The van der Waals surface area contributed by atoms with E-state index in [4.69, 9.17) is 0 Å². The predicted octanol–water partition coefficient (Wildman–Crippen LogP) is 4.93. The van der Waals surface area contributed by atoms with Crippen molar-refractivity contribution in [1.82, 2.24) is 0 Å². The summed E-state index contributed by atoms with van der Waals surface area (Å²) < 4.78 is 17.7. The lowest BCUT2D eigenvalue weighted by Crippen LogP contribution is -2.31. The van der Waals surface area contributed by atoms with E-state index in [1.165, 1.54) is 5.56 Å². The smallest absolute Gasteiger partial charge is 0.206 e. The Bertz CT molecular complexity index is 970. The minimum atomic E-state index is -0.328. The van der Waals surface area contributed by atoms with Crippen LogP contribution in [0.5, 0.6) is 0 Å². The molecular formula is C22H21FN+. The lowest BCUT2D eigenvalue weighted by molar-refractivity contribution is -0.660. The van der Waals surface area contributed by atoms with Gasteiger partial charge in [-0.1, -0.05) is 44.2 Å². The molecule has 0 atom stereocenters. The van der Waals surface area contributed by atoms with E-state index in [-0.39, 0.29) is 11.2 Å². The van der Waals surface area contributed by atoms with Gasteiger partial charge in [0.05, 0.1) is 5.56 Å². The van der Waals surface area contributed by atoms with Crippen LogP contribution in [-0.4, -0.2) is 0 Å². The van der Waals surface area contributed by atoms with Crippen LogP contribution in [0.15, 0.2) is 54.7 Å². The molecule has 2 heteroatoms. The maximum atomic E-state index is 15.7. The molecule has 120 valence electrons. The zero-order valence-corrected chi connectivity index (χ0v) is 14.5. The third kappa shape index (κ3) is 1.89. The Morgan fingerprint density at radius 3 is 2.42 bits per heavy atom. The molecule has 0 radical (unpaired) electrons. The molecule has 1 aliphatic carbocycles. The van der Waals surface area contributed by atoms with Crippen molar-refractivity contribution in [3.63, 3.8) is 0 Å². The van der Waals surface area contributed by atoms with E-state index >= 15 is 4.39 Å². The largest absolute Gasteiger partial charge is 0.215 e. The summed E-state index contributed by atoms with van der Waals surface area (Å²) in [5.41, 5.74) is 6.46. The molecule has 1 aromatic heterocycles. The first-order valence-electron chi connectivity index (χ1n) is 8.31. The van der Waals surface area contributed by atoms with Gasteiger partial charge in [0.25, 0.3) is 0 Å². The van der Waals surface area contributed by atoms with Crippen molar-refractivity contribution in [3.8, 4) is 22.4 Å². The van der Waals surface area contributed by atoms with Crippen LogP contribution in [0.3, 0.4) is 0 Å². The topological polar surface area (TPSA) is 3.88 Å². The van der Waals surface area contributed by atoms with Gasteiger partial charge >= 0.3 is 0 Å². The second kappa shape index (κ2) is 5.01. The van der Waals surface area contributed by atoms with Crippen molar-refractivity contribution in [3.05, 3.63) is 77.2 Å². The molecule has 24 heavy (non-hydrogen) atoms. The van der Waals surface area contributed by atoms with Gasteiger partial charge in [-0.05, 0) is 35.2 Å². The lowest BCUT2D eigenvalue weighted by atomic mass is 9.81. The summed E-state index contributed by atoms with van der Waals surface area (Å²) in [6, 6.07) is 16.3. The number of hydrogen-bond acceptors (Lipinski definition) is 0. The van der Waals surface area contributed by atoms with Gasteiger partial charge < -0.3 is 0 Å². The van der Waals surface area contributed by atoms with E-state index in [2.05, 4.69) is 32.0 Å². The first-order chi connectivity index (χ1) is 11.4. The van der Waals surface area contributed by atoms with Gasteiger partial charge in [-0.15, -0.1) is 0 Å². The molecule has 0 N–H and O–H groups in total. The molecule has 0 spiro atoms. The zero-order valence-electron chi connectivity index (χ0n) is 14.5. The fourth-order valence-electron chi connectivity index (χ4n) is 4.10. The third-order valence-corrected chi connectivity index (χ3v) is 5.29. The summed E-state index contributed by atoms with van der Waals surface area (Å²) in [6.07, 6.45) is 1.96. The van der Waals surface area contributed by atoms with E-state index in [0.717, 1.165) is 27.9 Å². The monoisotopic (exact) mass is 318 g/mol.